The summed E-state index contributed by atoms with van der Waals surface area (Å²) in [5, 5.41) is 7.81. The van der Waals surface area contributed by atoms with E-state index in [1.165, 1.54) is 75.5 Å². The summed E-state index contributed by atoms with van der Waals surface area (Å²) >= 11 is 3.34. The third-order valence-electron chi connectivity index (χ3n) is 7.40. The Morgan fingerprint density at radius 3 is 1.03 bits per heavy atom. The van der Waals surface area contributed by atoms with Crippen molar-refractivity contribution in [3.63, 3.8) is 0 Å². The number of benzene rings is 6. The minimum absolute atomic E-state index is 1.20. The van der Waals surface area contributed by atoms with E-state index < -0.39 is 0 Å². The molecule has 0 fully saturated rings. The van der Waals surface area contributed by atoms with E-state index in [1.807, 2.05) is 23.4 Å². The van der Waals surface area contributed by atoms with Gasteiger partial charge in [-0.05, 0) is 90.0 Å². The van der Waals surface area contributed by atoms with Crippen LogP contribution in [0, 0.1) is 0 Å². The molecule has 38 heavy (non-hydrogen) atoms. The molecule has 0 saturated heterocycles. The highest BCUT2D eigenvalue weighted by atomic mass is 32.1. The predicted molar refractivity (Wildman–Crippen MR) is 163 cm³/mol. The van der Waals surface area contributed by atoms with Gasteiger partial charge in [0, 0.05) is 12.4 Å². The molecular formula is C34H20N2S2. The second kappa shape index (κ2) is 8.59. The number of aromatic nitrogens is 2. The second-order valence-electron chi connectivity index (χ2n) is 9.61. The summed E-state index contributed by atoms with van der Waals surface area (Å²) < 4.78 is 0. The molecule has 2 aromatic heterocycles. The smallest absolute Gasteiger partial charge is 0.0797 e. The Kier molecular flexibility index (Phi) is 4.90. The molecule has 0 bridgehead atoms. The summed E-state index contributed by atoms with van der Waals surface area (Å²) in [6, 6.07) is 36.0. The fraction of sp³-hybridized carbons (Fsp3) is 0. The van der Waals surface area contributed by atoms with Gasteiger partial charge in [-0.25, -0.2) is 0 Å². The van der Waals surface area contributed by atoms with Crippen molar-refractivity contribution in [1.29, 1.82) is 0 Å². The molecule has 0 radical (unpaired) electrons. The fourth-order valence-corrected chi connectivity index (χ4v) is 6.80. The van der Waals surface area contributed by atoms with Crippen molar-refractivity contribution < 1.29 is 0 Å². The maximum atomic E-state index is 4.21. The molecule has 178 valence electrons. The Labute approximate surface area is 227 Å². The average Bonchev–Trinajstić information content (AvgIpc) is 3.71. The lowest BCUT2D eigenvalue weighted by atomic mass is 9.89. The van der Waals surface area contributed by atoms with E-state index in [0.717, 1.165) is 0 Å². The fourth-order valence-electron chi connectivity index (χ4n) is 5.54. The molecule has 0 unspecified atom stereocenters. The van der Waals surface area contributed by atoms with Crippen LogP contribution in [0.4, 0.5) is 0 Å². The van der Waals surface area contributed by atoms with Gasteiger partial charge >= 0.3 is 0 Å². The van der Waals surface area contributed by atoms with Crippen LogP contribution in [0.15, 0.2) is 120 Å². The van der Waals surface area contributed by atoms with E-state index in [2.05, 4.69) is 107 Å². The van der Waals surface area contributed by atoms with Gasteiger partial charge in [-0.15, -0.1) is 22.7 Å². The summed E-state index contributed by atoms with van der Waals surface area (Å²) in [5.41, 5.74) is 11.1. The lowest BCUT2D eigenvalue weighted by Crippen LogP contribution is -1.88. The van der Waals surface area contributed by atoms with Gasteiger partial charge in [-0.3, -0.25) is 9.97 Å². The van der Waals surface area contributed by atoms with Crippen molar-refractivity contribution in [2.75, 3.05) is 0 Å². The first-order valence-electron chi connectivity index (χ1n) is 12.5. The summed E-state index contributed by atoms with van der Waals surface area (Å²) in [6.45, 7) is 0. The van der Waals surface area contributed by atoms with Crippen LogP contribution in [0.25, 0.3) is 75.5 Å². The molecule has 2 heterocycles. The van der Waals surface area contributed by atoms with Gasteiger partial charge in [0.25, 0.3) is 0 Å². The lowest BCUT2D eigenvalue weighted by Gasteiger charge is -2.15. The highest BCUT2D eigenvalue weighted by molar-refractivity contribution is 7.13. The standard InChI is InChI=1S/C34H20N2S2/c1-5-23(31-17-35-19-37-31)6-2-21(1)29-13-25-9-11-27-15-30(16-28-12-10-26(14-29)33(25)34(27)28)22-3-7-24(8-4-22)32-18-36-20-38-32/h1-20H. The average molecular weight is 521 g/mol. The van der Waals surface area contributed by atoms with Crippen molar-refractivity contribution in [1.82, 2.24) is 9.97 Å². The highest BCUT2D eigenvalue weighted by Gasteiger charge is 2.12. The van der Waals surface area contributed by atoms with Crippen LogP contribution < -0.4 is 0 Å². The lowest BCUT2D eigenvalue weighted by molar-refractivity contribution is 1.42. The van der Waals surface area contributed by atoms with Crippen LogP contribution in [-0.4, -0.2) is 9.97 Å². The van der Waals surface area contributed by atoms with E-state index in [9.17, 15) is 0 Å². The van der Waals surface area contributed by atoms with Gasteiger partial charge in [0.15, 0.2) is 0 Å². The third kappa shape index (κ3) is 3.53. The van der Waals surface area contributed by atoms with Crippen molar-refractivity contribution in [3.8, 4) is 43.1 Å². The number of hydrogen-bond donors (Lipinski definition) is 0. The van der Waals surface area contributed by atoms with E-state index in [4.69, 9.17) is 0 Å². The molecule has 4 heteroatoms. The van der Waals surface area contributed by atoms with Gasteiger partial charge in [0.05, 0.1) is 20.8 Å². The van der Waals surface area contributed by atoms with Crippen molar-refractivity contribution in [2.24, 2.45) is 0 Å². The molecule has 0 aliphatic carbocycles. The van der Waals surface area contributed by atoms with Gasteiger partial charge in [-0.2, -0.15) is 0 Å². The van der Waals surface area contributed by atoms with E-state index in [0.29, 0.717) is 0 Å². The minimum Gasteiger partial charge on any atom is -0.252 e. The Hall–Kier alpha value is -4.38. The normalized spacial score (nSPS) is 11.7. The summed E-state index contributed by atoms with van der Waals surface area (Å²) in [4.78, 5) is 10.8. The zero-order valence-electron chi connectivity index (χ0n) is 20.3. The van der Waals surface area contributed by atoms with Gasteiger partial charge in [-0.1, -0.05) is 72.8 Å². The quantitative estimate of drug-likeness (QED) is 0.216. The first-order valence-corrected chi connectivity index (χ1v) is 14.3. The zero-order valence-corrected chi connectivity index (χ0v) is 21.9. The topological polar surface area (TPSA) is 25.8 Å². The molecule has 0 spiro atoms. The largest absolute Gasteiger partial charge is 0.252 e. The van der Waals surface area contributed by atoms with E-state index in [1.54, 1.807) is 22.7 Å². The molecule has 8 aromatic rings. The zero-order chi connectivity index (χ0) is 25.1. The molecule has 0 N–H and O–H groups in total. The summed E-state index contributed by atoms with van der Waals surface area (Å²) in [7, 11) is 0. The minimum atomic E-state index is 1.20. The second-order valence-corrected chi connectivity index (χ2v) is 11.4. The van der Waals surface area contributed by atoms with Crippen molar-refractivity contribution in [3.05, 3.63) is 120 Å². The van der Waals surface area contributed by atoms with Crippen LogP contribution in [0.2, 0.25) is 0 Å². The Balaban J connectivity index is 1.21. The molecule has 2 nitrogen and oxygen atoms in total. The van der Waals surface area contributed by atoms with Crippen molar-refractivity contribution >= 4 is 55.0 Å². The first kappa shape index (κ1) is 21.7. The van der Waals surface area contributed by atoms with Gasteiger partial charge in [0.2, 0.25) is 0 Å². The maximum absolute atomic E-state index is 4.21. The number of nitrogens with zero attached hydrogens (tertiary/aromatic N) is 2. The SMILES string of the molecule is c1ncc(-c2ccc(-c3cc4ccc5cc(-c6ccc(-c7cncs7)cc6)cc6ccc(c3)c4c56)cc2)s1. The summed E-state index contributed by atoms with van der Waals surface area (Å²) in [6.07, 6.45) is 3.85. The monoisotopic (exact) mass is 520 g/mol. The van der Waals surface area contributed by atoms with Gasteiger partial charge < -0.3 is 0 Å². The summed E-state index contributed by atoms with van der Waals surface area (Å²) in [5.74, 6) is 0. The maximum Gasteiger partial charge on any atom is 0.0797 e. The van der Waals surface area contributed by atoms with Crippen LogP contribution in [0.5, 0.6) is 0 Å². The Morgan fingerprint density at radius 2 is 0.711 bits per heavy atom. The molecular weight excluding hydrogens is 501 g/mol. The van der Waals surface area contributed by atoms with Gasteiger partial charge in [0.1, 0.15) is 0 Å². The van der Waals surface area contributed by atoms with Crippen LogP contribution in [0.1, 0.15) is 0 Å². The molecule has 0 saturated carbocycles. The molecule has 8 rings (SSSR count). The van der Waals surface area contributed by atoms with Crippen LogP contribution in [0.3, 0.4) is 0 Å². The number of thiazole rings is 2. The molecule has 0 atom stereocenters. The van der Waals surface area contributed by atoms with E-state index >= 15 is 0 Å². The predicted octanol–water partition coefficient (Wildman–Crippen LogP) is 10.2. The Morgan fingerprint density at radius 1 is 0.368 bits per heavy atom. The van der Waals surface area contributed by atoms with Crippen LogP contribution >= 0.6 is 22.7 Å². The Bertz CT molecular complexity index is 1820. The third-order valence-corrected chi connectivity index (χ3v) is 9.05. The molecule has 0 aliphatic heterocycles. The first-order chi connectivity index (χ1) is 18.8. The number of rotatable bonds is 4. The molecule has 0 aliphatic rings. The van der Waals surface area contributed by atoms with E-state index in [-0.39, 0.29) is 0 Å². The molecule has 0 amide bonds. The van der Waals surface area contributed by atoms with Crippen molar-refractivity contribution in [2.45, 2.75) is 0 Å². The molecule has 6 aromatic carbocycles. The highest BCUT2D eigenvalue weighted by Crippen LogP contribution is 2.40. The number of hydrogen-bond acceptors (Lipinski definition) is 4. The van der Waals surface area contributed by atoms with Crippen LogP contribution in [-0.2, 0) is 0 Å².